The third-order valence-electron chi connectivity index (χ3n) is 4.77. The van der Waals surface area contributed by atoms with E-state index < -0.39 is 0 Å². The number of benzene rings is 1. The summed E-state index contributed by atoms with van der Waals surface area (Å²) in [5, 5.41) is 3.18. The predicted molar refractivity (Wildman–Crippen MR) is 114 cm³/mol. The molecular formula is C19H32IN3O2. The Hall–Kier alpha value is -1.02. The van der Waals surface area contributed by atoms with Crippen molar-refractivity contribution in [3.05, 3.63) is 29.8 Å². The average molecular weight is 461 g/mol. The summed E-state index contributed by atoms with van der Waals surface area (Å²) in [6, 6.07) is 8.39. The molecule has 0 aromatic heterocycles. The van der Waals surface area contributed by atoms with E-state index in [1.54, 1.807) is 7.11 Å². The maximum Gasteiger partial charge on any atom is 0.188 e. The lowest BCUT2D eigenvalue weighted by atomic mass is 9.79. The van der Waals surface area contributed by atoms with Gasteiger partial charge in [-0.1, -0.05) is 25.0 Å². The molecule has 0 heterocycles. The SMILES string of the molecule is CCOCCCNC(N)=NCC1(c2cccc(OC)c2)CCCC1.I. The van der Waals surface area contributed by atoms with Crippen molar-refractivity contribution in [2.24, 2.45) is 10.7 Å². The Morgan fingerprint density at radius 2 is 2.08 bits per heavy atom. The van der Waals surface area contributed by atoms with Crippen LogP contribution in [0.1, 0.15) is 44.6 Å². The molecule has 0 bridgehead atoms. The zero-order chi connectivity index (χ0) is 17.3. The largest absolute Gasteiger partial charge is 0.497 e. The Morgan fingerprint density at radius 1 is 1.32 bits per heavy atom. The molecule has 5 nitrogen and oxygen atoms in total. The molecule has 0 aliphatic heterocycles. The third kappa shape index (κ3) is 6.66. The van der Waals surface area contributed by atoms with E-state index in [9.17, 15) is 0 Å². The summed E-state index contributed by atoms with van der Waals surface area (Å²) in [5.74, 6) is 1.44. The lowest BCUT2D eigenvalue weighted by Crippen LogP contribution is -2.35. The van der Waals surface area contributed by atoms with E-state index in [0.717, 1.165) is 51.3 Å². The number of halogens is 1. The number of ether oxygens (including phenoxy) is 2. The summed E-state index contributed by atoms with van der Waals surface area (Å²) in [4.78, 5) is 4.63. The van der Waals surface area contributed by atoms with E-state index in [-0.39, 0.29) is 29.4 Å². The van der Waals surface area contributed by atoms with Gasteiger partial charge in [0.25, 0.3) is 0 Å². The van der Waals surface area contributed by atoms with Crippen molar-refractivity contribution in [1.29, 1.82) is 0 Å². The minimum atomic E-state index is 0. The van der Waals surface area contributed by atoms with Crippen LogP contribution < -0.4 is 15.8 Å². The second kappa shape index (κ2) is 11.6. The summed E-state index contributed by atoms with van der Waals surface area (Å²) in [7, 11) is 1.71. The highest BCUT2D eigenvalue weighted by molar-refractivity contribution is 14.0. The minimum Gasteiger partial charge on any atom is -0.497 e. The second-order valence-electron chi connectivity index (χ2n) is 6.40. The predicted octanol–water partition coefficient (Wildman–Crippen LogP) is 3.46. The molecule has 3 N–H and O–H groups in total. The van der Waals surface area contributed by atoms with Gasteiger partial charge in [-0.05, 0) is 43.9 Å². The first kappa shape index (κ1) is 22.0. The number of methoxy groups -OCH3 is 1. The molecule has 1 aliphatic rings. The maximum atomic E-state index is 6.03. The van der Waals surface area contributed by atoms with Crippen molar-refractivity contribution >= 4 is 29.9 Å². The number of nitrogens with two attached hydrogens (primary N) is 1. The van der Waals surface area contributed by atoms with Crippen molar-refractivity contribution in [3.63, 3.8) is 0 Å². The van der Waals surface area contributed by atoms with Crippen LogP contribution in [0.15, 0.2) is 29.3 Å². The maximum absolute atomic E-state index is 6.03. The van der Waals surface area contributed by atoms with Gasteiger partial charge in [-0.25, -0.2) is 0 Å². The fourth-order valence-corrected chi connectivity index (χ4v) is 3.37. The summed E-state index contributed by atoms with van der Waals surface area (Å²) in [5.41, 5.74) is 7.43. The lowest BCUT2D eigenvalue weighted by Gasteiger charge is -2.28. The molecule has 1 aliphatic carbocycles. The number of aliphatic imine (C=N–C) groups is 1. The zero-order valence-electron chi connectivity index (χ0n) is 15.4. The van der Waals surface area contributed by atoms with Gasteiger partial charge in [0, 0.05) is 25.2 Å². The molecule has 0 saturated heterocycles. The number of nitrogens with zero attached hydrogens (tertiary/aromatic N) is 1. The van der Waals surface area contributed by atoms with Crippen molar-refractivity contribution < 1.29 is 9.47 Å². The molecule has 142 valence electrons. The van der Waals surface area contributed by atoms with Crippen LogP contribution in [0.2, 0.25) is 0 Å². The minimum absolute atomic E-state index is 0. The van der Waals surface area contributed by atoms with Gasteiger partial charge >= 0.3 is 0 Å². The van der Waals surface area contributed by atoms with E-state index in [1.165, 1.54) is 18.4 Å². The molecule has 0 amide bonds. The monoisotopic (exact) mass is 461 g/mol. The Kier molecular flexibility index (Phi) is 10.2. The summed E-state index contributed by atoms with van der Waals surface area (Å²) < 4.78 is 10.7. The lowest BCUT2D eigenvalue weighted by molar-refractivity contribution is 0.145. The summed E-state index contributed by atoms with van der Waals surface area (Å²) in [6.07, 6.45) is 5.73. The molecule has 0 unspecified atom stereocenters. The average Bonchev–Trinajstić information content (AvgIpc) is 3.10. The molecular weight excluding hydrogens is 429 g/mol. The summed E-state index contributed by atoms with van der Waals surface area (Å²) in [6.45, 7) is 5.03. The van der Waals surface area contributed by atoms with E-state index in [0.29, 0.717) is 5.96 Å². The highest BCUT2D eigenvalue weighted by Gasteiger charge is 2.35. The van der Waals surface area contributed by atoms with Crippen molar-refractivity contribution in [2.45, 2.75) is 44.4 Å². The van der Waals surface area contributed by atoms with E-state index in [4.69, 9.17) is 15.2 Å². The Balaban J connectivity index is 0.00000312. The highest BCUT2D eigenvalue weighted by Crippen LogP contribution is 2.42. The van der Waals surface area contributed by atoms with Crippen molar-refractivity contribution in [2.75, 3.05) is 33.4 Å². The molecule has 25 heavy (non-hydrogen) atoms. The number of hydrogen-bond donors (Lipinski definition) is 2. The van der Waals surface area contributed by atoms with Gasteiger partial charge in [-0.2, -0.15) is 0 Å². The fraction of sp³-hybridized carbons (Fsp3) is 0.632. The smallest absolute Gasteiger partial charge is 0.188 e. The number of nitrogens with one attached hydrogen (secondary N) is 1. The molecule has 0 atom stereocenters. The molecule has 1 saturated carbocycles. The van der Waals surface area contributed by atoms with Crippen LogP contribution in [0.4, 0.5) is 0 Å². The van der Waals surface area contributed by atoms with Crippen LogP contribution in [0, 0.1) is 0 Å². The molecule has 0 radical (unpaired) electrons. The van der Waals surface area contributed by atoms with E-state index in [2.05, 4.69) is 28.5 Å². The normalized spacial score (nSPS) is 16.3. The van der Waals surface area contributed by atoms with Crippen LogP contribution in [0.25, 0.3) is 0 Å². The molecule has 1 fully saturated rings. The van der Waals surface area contributed by atoms with Gasteiger partial charge in [0.05, 0.1) is 13.7 Å². The zero-order valence-corrected chi connectivity index (χ0v) is 17.8. The first-order valence-electron chi connectivity index (χ1n) is 8.96. The van der Waals surface area contributed by atoms with Crippen LogP contribution in [0.3, 0.4) is 0 Å². The van der Waals surface area contributed by atoms with Crippen molar-refractivity contribution in [1.82, 2.24) is 5.32 Å². The Labute approximate surface area is 168 Å². The third-order valence-corrected chi connectivity index (χ3v) is 4.77. The first-order chi connectivity index (χ1) is 11.7. The number of guanidine groups is 1. The molecule has 1 aromatic carbocycles. The van der Waals surface area contributed by atoms with Gasteiger partial charge in [-0.15, -0.1) is 24.0 Å². The Bertz CT molecular complexity index is 531. The van der Waals surface area contributed by atoms with E-state index >= 15 is 0 Å². The van der Waals surface area contributed by atoms with Gasteiger partial charge in [0.15, 0.2) is 5.96 Å². The molecule has 2 rings (SSSR count). The van der Waals surface area contributed by atoms with E-state index in [1.807, 2.05) is 13.0 Å². The fourth-order valence-electron chi connectivity index (χ4n) is 3.37. The molecule has 1 aromatic rings. The topological polar surface area (TPSA) is 68.9 Å². The molecule has 0 spiro atoms. The summed E-state index contributed by atoms with van der Waals surface area (Å²) >= 11 is 0. The van der Waals surface area contributed by atoms with Gasteiger partial charge < -0.3 is 20.5 Å². The first-order valence-corrected chi connectivity index (χ1v) is 8.96. The number of hydrogen-bond acceptors (Lipinski definition) is 3. The second-order valence-corrected chi connectivity index (χ2v) is 6.40. The van der Waals surface area contributed by atoms with Crippen LogP contribution in [-0.2, 0) is 10.2 Å². The van der Waals surface area contributed by atoms with Gasteiger partial charge in [-0.3, -0.25) is 4.99 Å². The molecule has 6 heteroatoms. The van der Waals surface area contributed by atoms with Crippen LogP contribution in [-0.4, -0.2) is 39.4 Å². The van der Waals surface area contributed by atoms with Crippen LogP contribution >= 0.6 is 24.0 Å². The number of rotatable bonds is 9. The quantitative estimate of drug-likeness (QED) is 0.256. The highest BCUT2D eigenvalue weighted by atomic mass is 127. The van der Waals surface area contributed by atoms with Crippen molar-refractivity contribution in [3.8, 4) is 5.75 Å². The Morgan fingerprint density at radius 3 is 2.76 bits per heavy atom. The standard InChI is InChI=1S/C19H31N3O2.HI/c1-3-24-13-7-12-21-18(20)22-15-19(10-4-5-11-19)16-8-6-9-17(14-16)23-2;/h6,8-9,14H,3-5,7,10-13,15H2,1-2H3,(H3,20,21,22);1H. The van der Waals surface area contributed by atoms with Gasteiger partial charge in [0.1, 0.15) is 5.75 Å². The van der Waals surface area contributed by atoms with Crippen LogP contribution in [0.5, 0.6) is 5.75 Å². The van der Waals surface area contributed by atoms with Gasteiger partial charge in [0.2, 0.25) is 0 Å².